The minimum atomic E-state index is -0.995. The third-order valence-electron chi connectivity index (χ3n) is 5.13. The molecule has 0 saturated heterocycles. The summed E-state index contributed by atoms with van der Waals surface area (Å²) in [5, 5.41) is 5.73. The molecule has 1 aliphatic heterocycles. The quantitative estimate of drug-likeness (QED) is 0.361. The zero-order valence-corrected chi connectivity index (χ0v) is 18.8. The number of thioether (sulfide) groups is 1. The summed E-state index contributed by atoms with van der Waals surface area (Å²) < 4.78 is 10.5. The van der Waals surface area contributed by atoms with Crippen molar-refractivity contribution in [2.75, 3.05) is 24.9 Å². The molecule has 3 N–H and O–H groups in total. The maximum atomic E-state index is 13.1. The van der Waals surface area contributed by atoms with Crippen molar-refractivity contribution in [3.8, 4) is 11.5 Å². The van der Waals surface area contributed by atoms with Crippen LogP contribution in [0, 0.1) is 0 Å². The van der Waals surface area contributed by atoms with Gasteiger partial charge in [-0.2, -0.15) is 0 Å². The number of aromatic nitrogens is 2. The Hall–Kier alpha value is -3.79. The van der Waals surface area contributed by atoms with E-state index < -0.39 is 17.4 Å². The highest BCUT2D eigenvalue weighted by Crippen LogP contribution is 2.33. The molecule has 0 bridgehead atoms. The highest BCUT2D eigenvalue weighted by Gasteiger charge is 2.35. The van der Waals surface area contributed by atoms with Gasteiger partial charge in [0.05, 0.1) is 31.4 Å². The summed E-state index contributed by atoms with van der Waals surface area (Å²) >= 11 is 1.34. The van der Waals surface area contributed by atoms with Crippen LogP contribution < -0.4 is 25.7 Å². The molecule has 2 amide bonds. The van der Waals surface area contributed by atoms with Crippen molar-refractivity contribution in [2.24, 2.45) is 0 Å². The van der Waals surface area contributed by atoms with E-state index in [2.05, 4.69) is 20.6 Å². The van der Waals surface area contributed by atoms with Gasteiger partial charge in [0.2, 0.25) is 11.8 Å². The number of carbonyl (C=O) groups is 2. The summed E-state index contributed by atoms with van der Waals surface area (Å²) in [6.45, 7) is 0. The second kappa shape index (κ2) is 9.78. The zero-order chi connectivity index (χ0) is 23.4. The van der Waals surface area contributed by atoms with Crippen LogP contribution in [0.5, 0.6) is 11.5 Å². The van der Waals surface area contributed by atoms with Crippen LogP contribution in [0.15, 0.2) is 58.5 Å². The van der Waals surface area contributed by atoms with E-state index >= 15 is 0 Å². The van der Waals surface area contributed by atoms with Crippen molar-refractivity contribution >= 4 is 35.1 Å². The summed E-state index contributed by atoms with van der Waals surface area (Å²) in [7, 11) is 2.99. The SMILES string of the molecule is COc1ccc(NC(=O)C2CC(=O)Nc3nc(SCc4ccccc4)[nH]c(=O)c32)c(OC)c1. The molecule has 10 heteroatoms. The Bertz CT molecular complexity index is 1250. The van der Waals surface area contributed by atoms with Gasteiger partial charge in [-0.1, -0.05) is 42.1 Å². The molecule has 0 saturated carbocycles. The number of anilines is 2. The van der Waals surface area contributed by atoms with Crippen molar-refractivity contribution in [1.82, 2.24) is 9.97 Å². The van der Waals surface area contributed by atoms with Gasteiger partial charge in [0.15, 0.2) is 5.16 Å². The average molecular weight is 467 g/mol. The van der Waals surface area contributed by atoms with Gasteiger partial charge in [0.25, 0.3) is 5.56 Å². The third kappa shape index (κ3) is 5.01. The molecule has 2 aromatic carbocycles. The van der Waals surface area contributed by atoms with Crippen LogP contribution in [-0.4, -0.2) is 36.0 Å². The van der Waals surface area contributed by atoms with Crippen LogP contribution in [0.25, 0.3) is 0 Å². The van der Waals surface area contributed by atoms with Gasteiger partial charge in [0.1, 0.15) is 17.3 Å². The maximum Gasteiger partial charge on any atom is 0.257 e. The number of aromatic amines is 1. The summed E-state index contributed by atoms with van der Waals surface area (Å²) in [6, 6.07) is 14.7. The fourth-order valence-electron chi connectivity index (χ4n) is 3.49. The zero-order valence-electron chi connectivity index (χ0n) is 18.0. The highest BCUT2D eigenvalue weighted by molar-refractivity contribution is 7.98. The highest BCUT2D eigenvalue weighted by atomic mass is 32.2. The van der Waals surface area contributed by atoms with Crippen molar-refractivity contribution < 1.29 is 19.1 Å². The number of methoxy groups -OCH3 is 2. The van der Waals surface area contributed by atoms with Crippen molar-refractivity contribution in [3.05, 3.63) is 70.0 Å². The monoisotopic (exact) mass is 466 g/mol. The first-order valence-corrected chi connectivity index (χ1v) is 11.1. The number of H-pyrrole nitrogens is 1. The van der Waals surface area contributed by atoms with E-state index in [0.717, 1.165) is 5.56 Å². The minimum Gasteiger partial charge on any atom is -0.497 e. The lowest BCUT2D eigenvalue weighted by molar-refractivity contribution is -0.123. The lowest BCUT2D eigenvalue weighted by Gasteiger charge is -2.24. The van der Waals surface area contributed by atoms with Gasteiger partial charge in [-0.15, -0.1) is 0 Å². The number of rotatable bonds is 7. The minimum absolute atomic E-state index is 0.104. The molecule has 1 atom stereocenters. The Labute approximate surface area is 193 Å². The lowest BCUT2D eigenvalue weighted by Crippen LogP contribution is -2.36. The van der Waals surface area contributed by atoms with E-state index in [1.54, 1.807) is 18.2 Å². The summed E-state index contributed by atoms with van der Waals surface area (Å²) in [5.74, 6) is -0.237. The number of hydrogen-bond acceptors (Lipinski definition) is 7. The normalized spacial score (nSPS) is 14.7. The first kappa shape index (κ1) is 22.4. The Morgan fingerprint density at radius 2 is 1.94 bits per heavy atom. The summed E-state index contributed by atoms with van der Waals surface area (Å²) in [4.78, 5) is 45.4. The number of fused-ring (bicyclic) bond motifs is 1. The standard InChI is InChI=1S/C23H22N4O5S/c1-31-14-8-9-16(17(10-14)32-2)24-21(29)15-11-18(28)25-20-19(15)22(30)27-23(26-20)33-12-13-6-4-3-5-7-13/h3-10,15H,11-12H2,1-2H3,(H,24,29)(H2,25,26,27,28,30). The number of benzene rings is 2. The molecular formula is C23H22N4O5S. The molecule has 3 aromatic rings. The largest absolute Gasteiger partial charge is 0.497 e. The number of ether oxygens (including phenoxy) is 2. The lowest BCUT2D eigenvalue weighted by atomic mass is 9.92. The van der Waals surface area contributed by atoms with Crippen LogP contribution in [0.2, 0.25) is 0 Å². The van der Waals surface area contributed by atoms with Gasteiger partial charge >= 0.3 is 0 Å². The molecule has 170 valence electrons. The van der Waals surface area contributed by atoms with Gasteiger partial charge in [-0.25, -0.2) is 4.98 Å². The number of hydrogen-bond donors (Lipinski definition) is 3. The molecule has 0 fully saturated rings. The van der Waals surface area contributed by atoms with Crippen molar-refractivity contribution in [3.63, 3.8) is 0 Å². The Kier molecular flexibility index (Phi) is 6.64. The van der Waals surface area contributed by atoms with Crippen LogP contribution in [0.4, 0.5) is 11.5 Å². The average Bonchev–Trinajstić information content (AvgIpc) is 2.82. The van der Waals surface area contributed by atoms with E-state index in [4.69, 9.17) is 9.47 Å². The molecule has 1 aromatic heterocycles. The van der Waals surface area contributed by atoms with Crippen LogP contribution in [0.1, 0.15) is 23.5 Å². The number of nitrogens with one attached hydrogen (secondary N) is 3. The first-order valence-electron chi connectivity index (χ1n) is 10.1. The molecule has 0 radical (unpaired) electrons. The van der Waals surface area contributed by atoms with E-state index in [-0.39, 0.29) is 23.7 Å². The summed E-state index contributed by atoms with van der Waals surface area (Å²) in [5.41, 5.74) is 1.13. The van der Waals surface area contributed by atoms with Gasteiger partial charge in [0, 0.05) is 18.2 Å². The smallest absolute Gasteiger partial charge is 0.257 e. The molecule has 9 nitrogen and oxygen atoms in total. The molecule has 0 aliphatic carbocycles. The Morgan fingerprint density at radius 3 is 2.67 bits per heavy atom. The predicted octanol–water partition coefficient (Wildman–Crippen LogP) is 3.14. The van der Waals surface area contributed by atoms with Gasteiger partial charge in [-0.3, -0.25) is 14.4 Å². The van der Waals surface area contributed by atoms with Gasteiger partial charge < -0.3 is 25.1 Å². The molecule has 4 rings (SSSR count). The Morgan fingerprint density at radius 1 is 1.15 bits per heavy atom. The van der Waals surface area contributed by atoms with E-state index in [1.807, 2.05) is 30.3 Å². The second-order valence-corrected chi connectivity index (χ2v) is 8.23. The van der Waals surface area contributed by atoms with Gasteiger partial charge in [-0.05, 0) is 17.7 Å². The molecular weight excluding hydrogens is 444 g/mol. The fourth-order valence-corrected chi connectivity index (χ4v) is 4.31. The van der Waals surface area contributed by atoms with E-state index in [9.17, 15) is 14.4 Å². The topological polar surface area (TPSA) is 122 Å². The first-order chi connectivity index (χ1) is 16.0. The second-order valence-electron chi connectivity index (χ2n) is 7.27. The predicted molar refractivity (Wildman–Crippen MR) is 125 cm³/mol. The molecule has 33 heavy (non-hydrogen) atoms. The molecule has 1 aliphatic rings. The third-order valence-corrected chi connectivity index (χ3v) is 6.08. The van der Waals surface area contributed by atoms with Crippen molar-refractivity contribution in [1.29, 1.82) is 0 Å². The summed E-state index contributed by atoms with van der Waals surface area (Å²) in [6.07, 6.45) is -0.168. The molecule has 0 spiro atoms. The molecule has 1 unspecified atom stereocenters. The Balaban J connectivity index is 1.58. The van der Waals surface area contributed by atoms with Crippen LogP contribution in [-0.2, 0) is 15.3 Å². The van der Waals surface area contributed by atoms with Crippen LogP contribution in [0.3, 0.4) is 0 Å². The fraction of sp³-hybridized carbons (Fsp3) is 0.217. The number of amides is 2. The van der Waals surface area contributed by atoms with E-state index in [1.165, 1.54) is 26.0 Å². The maximum absolute atomic E-state index is 13.1. The number of carbonyl (C=O) groups excluding carboxylic acids is 2. The number of nitrogens with zero attached hydrogens (tertiary/aromatic N) is 1. The van der Waals surface area contributed by atoms with E-state index in [0.29, 0.717) is 28.1 Å². The molecule has 2 heterocycles. The van der Waals surface area contributed by atoms with Crippen LogP contribution >= 0.6 is 11.8 Å². The van der Waals surface area contributed by atoms with Crippen molar-refractivity contribution in [2.45, 2.75) is 23.2 Å².